The Bertz CT molecular complexity index is 1130. The summed E-state index contributed by atoms with van der Waals surface area (Å²) in [6, 6.07) is 8.82. The molecule has 152 valence electrons. The first-order valence-electron chi connectivity index (χ1n) is 8.13. The van der Waals surface area contributed by atoms with E-state index < -0.39 is 27.6 Å². The van der Waals surface area contributed by atoms with Gasteiger partial charge in [0, 0.05) is 17.1 Å². The topological polar surface area (TPSA) is 97.4 Å². The van der Waals surface area contributed by atoms with E-state index in [0.29, 0.717) is 11.4 Å². The Morgan fingerprint density at radius 2 is 1.86 bits per heavy atom. The molecule has 1 heterocycles. The van der Waals surface area contributed by atoms with Gasteiger partial charge in [-0.1, -0.05) is 0 Å². The second-order valence-electron chi connectivity index (χ2n) is 5.78. The Balaban J connectivity index is 1.63. The van der Waals surface area contributed by atoms with E-state index in [-0.39, 0.29) is 22.1 Å². The number of ether oxygens (including phenoxy) is 1. The molecule has 2 N–H and O–H groups in total. The number of carbonyl (C=O) groups excluding carboxylic acids is 1. The Labute approximate surface area is 169 Å². The van der Waals surface area contributed by atoms with Gasteiger partial charge in [-0.15, -0.1) is 11.3 Å². The largest absolute Gasteiger partial charge is 0.497 e. The zero-order valence-electron chi connectivity index (χ0n) is 15.0. The van der Waals surface area contributed by atoms with Crippen molar-refractivity contribution in [2.75, 3.05) is 17.1 Å². The average Bonchev–Trinajstić information content (AvgIpc) is 3.10. The fraction of sp³-hybridized carbons (Fsp3) is 0.111. The number of amides is 1. The number of methoxy groups -OCH3 is 1. The van der Waals surface area contributed by atoms with Gasteiger partial charge in [0.2, 0.25) is 5.91 Å². The van der Waals surface area contributed by atoms with Crippen LogP contribution < -0.4 is 14.8 Å². The molecule has 1 aromatic heterocycles. The summed E-state index contributed by atoms with van der Waals surface area (Å²) in [4.78, 5) is 16.2. The predicted octanol–water partition coefficient (Wildman–Crippen LogP) is 3.41. The normalized spacial score (nSPS) is 11.1. The van der Waals surface area contributed by atoms with Crippen LogP contribution >= 0.6 is 11.3 Å². The molecule has 1 amide bonds. The van der Waals surface area contributed by atoms with Gasteiger partial charge in [-0.25, -0.2) is 22.2 Å². The Hall–Kier alpha value is -3.05. The molecule has 2 aromatic carbocycles. The first-order chi connectivity index (χ1) is 13.8. The van der Waals surface area contributed by atoms with Gasteiger partial charge in [-0.3, -0.25) is 9.52 Å². The lowest BCUT2D eigenvalue weighted by molar-refractivity contribution is -0.115. The highest BCUT2D eigenvalue weighted by Crippen LogP contribution is 2.22. The van der Waals surface area contributed by atoms with E-state index >= 15 is 0 Å². The number of anilines is 2. The van der Waals surface area contributed by atoms with Gasteiger partial charge >= 0.3 is 0 Å². The van der Waals surface area contributed by atoms with Crippen molar-refractivity contribution < 1.29 is 26.7 Å². The SMILES string of the molecule is COc1ccc(S(=O)(=O)Nc2nc(CC(=O)Nc3ccc(F)c(F)c3)cs2)cc1. The van der Waals surface area contributed by atoms with Crippen molar-refractivity contribution in [3.8, 4) is 5.75 Å². The summed E-state index contributed by atoms with van der Waals surface area (Å²) in [5.74, 6) is -2.08. The Morgan fingerprint density at radius 1 is 1.14 bits per heavy atom. The number of hydrogen-bond acceptors (Lipinski definition) is 6. The predicted molar refractivity (Wildman–Crippen MR) is 105 cm³/mol. The summed E-state index contributed by atoms with van der Waals surface area (Å²) < 4.78 is 58.3. The molecule has 0 saturated carbocycles. The summed E-state index contributed by atoms with van der Waals surface area (Å²) in [7, 11) is -2.37. The molecule has 0 aliphatic carbocycles. The fourth-order valence-corrected chi connectivity index (χ4v) is 4.27. The molecule has 0 radical (unpaired) electrons. The van der Waals surface area contributed by atoms with Gasteiger partial charge in [-0.05, 0) is 36.4 Å². The minimum absolute atomic E-state index is 0.0335. The molecule has 0 aliphatic rings. The first kappa shape index (κ1) is 20.7. The summed E-state index contributed by atoms with van der Waals surface area (Å²) in [5, 5.41) is 4.04. The molecule has 3 rings (SSSR count). The number of nitrogens with one attached hydrogen (secondary N) is 2. The summed E-state index contributed by atoms with van der Waals surface area (Å²) in [6.07, 6.45) is -0.167. The van der Waals surface area contributed by atoms with Crippen molar-refractivity contribution in [1.29, 1.82) is 0 Å². The van der Waals surface area contributed by atoms with Crippen LogP contribution in [0.3, 0.4) is 0 Å². The number of nitrogens with zero attached hydrogens (tertiary/aromatic N) is 1. The van der Waals surface area contributed by atoms with Crippen LogP contribution in [-0.2, 0) is 21.2 Å². The molecule has 7 nitrogen and oxygen atoms in total. The van der Waals surface area contributed by atoms with E-state index in [2.05, 4.69) is 15.0 Å². The Kier molecular flexibility index (Phi) is 6.09. The van der Waals surface area contributed by atoms with E-state index in [0.717, 1.165) is 23.5 Å². The lowest BCUT2D eigenvalue weighted by Gasteiger charge is -2.06. The number of rotatable bonds is 7. The van der Waals surface area contributed by atoms with Gasteiger partial charge in [0.15, 0.2) is 16.8 Å². The number of hydrogen-bond donors (Lipinski definition) is 2. The molecule has 3 aromatic rings. The third-order valence-electron chi connectivity index (χ3n) is 3.69. The zero-order valence-corrected chi connectivity index (χ0v) is 16.6. The third kappa shape index (κ3) is 5.27. The van der Waals surface area contributed by atoms with E-state index in [4.69, 9.17) is 4.74 Å². The van der Waals surface area contributed by atoms with Crippen LogP contribution in [-0.4, -0.2) is 26.4 Å². The standard InChI is InChI=1S/C18H15F2N3O4S2/c1-27-13-3-5-14(6-4-13)29(25,26)23-18-22-12(10-28-18)9-17(24)21-11-2-7-15(19)16(20)8-11/h2-8,10H,9H2,1H3,(H,21,24)(H,22,23). The molecule has 0 fully saturated rings. The smallest absolute Gasteiger partial charge is 0.263 e. The number of aromatic nitrogens is 1. The van der Waals surface area contributed by atoms with Crippen LogP contribution in [0.4, 0.5) is 19.6 Å². The number of benzene rings is 2. The third-order valence-corrected chi connectivity index (χ3v) is 5.98. The van der Waals surface area contributed by atoms with Crippen LogP contribution in [0.5, 0.6) is 5.75 Å². The van der Waals surface area contributed by atoms with Crippen molar-refractivity contribution in [3.05, 3.63) is 65.2 Å². The van der Waals surface area contributed by atoms with E-state index in [1.165, 1.54) is 42.8 Å². The van der Waals surface area contributed by atoms with Gasteiger partial charge < -0.3 is 10.1 Å². The lowest BCUT2D eigenvalue weighted by Crippen LogP contribution is -2.15. The van der Waals surface area contributed by atoms with Crippen LogP contribution in [0.2, 0.25) is 0 Å². The summed E-state index contributed by atoms with van der Waals surface area (Å²) >= 11 is 1.02. The summed E-state index contributed by atoms with van der Waals surface area (Å²) in [6.45, 7) is 0. The zero-order chi connectivity index (χ0) is 21.0. The molecule has 0 aliphatic heterocycles. The second kappa shape index (κ2) is 8.53. The average molecular weight is 439 g/mol. The van der Waals surface area contributed by atoms with E-state index in [1.807, 2.05) is 0 Å². The second-order valence-corrected chi connectivity index (χ2v) is 8.32. The van der Waals surface area contributed by atoms with Crippen molar-refractivity contribution in [2.24, 2.45) is 0 Å². The quantitative estimate of drug-likeness (QED) is 0.588. The van der Waals surface area contributed by atoms with Crippen molar-refractivity contribution in [2.45, 2.75) is 11.3 Å². The van der Waals surface area contributed by atoms with Crippen LogP contribution in [0.1, 0.15) is 5.69 Å². The van der Waals surface area contributed by atoms with Gasteiger partial charge in [0.05, 0.1) is 24.1 Å². The van der Waals surface area contributed by atoms with Gasteiger partial charge in [0.1, 0.15) is 5.75 Å². The number of thiazole rings is 1. The minimum Gasteiger partial charge on any atom is -0.497 e. The first-order valence-corrected chi connectivity index (χ1v) is 10.5. The molecule has 0 spiro atoms. The fourth-order valence-electron chi connectivity index (χ4n) is 2.31. The molecular weight excluding hydrogens is 424 g/mol. The molecular formula is C18H15F2N3O4S2. The van der Waals surface area contributed by atoms with Crippen molar-refractivity contribution in [1.82, 2.24) is 4.98 Å². The van der Waals surface area contributed by atoms with Crippen LogP contribution in [0.15, 0.2) is 52.7 Å². The monoisotopic (exact) mass is 439 g/mol. The van der Waals surface area contributed by atoms with Crippen LogP contribution in [0, 0.1) is 11.6 Å². The van der Waals surface area contributed by atoms with E-state index in [1.54, 1.807) is 0 Å². The highest BCUT2D eigenvalue weighted by molar-refractivity contribution is 7.93. The number of sulfonamides is 1. The summed E-state index contributed by atoms with van der Waals surface area (Å²) in [5.41, 5.74) is 0.423. The molecule has 11 heteroatoms. The van der Waals surface area contributed by atoms with Crippen molar-refractivity contribution >= 4 is 38.1 Å². The minimum atomic E-state index is -3.85. The van der Waals surface area contributed by atoms with Gasteiger partial charge in [0.25, 0.3) is 10.0 Å². The molecule has 29 heavy (non-hydrogen) atoms. The highest BCUT2D eigenvalue weighted by Gasteiger charge is 2.17. The maximum absolute atomic E-state index is 13.2. The Morgan fingerprint density at radius 3 is 2.52 bits per heavy atom. The van der Waals surface area contributed by atoms with Gasteiger partial charge in [-0.2, -0.15) is 0 Å². The van der Waals surface area contributed by atoms with E-state index in [9.17, 15) is 22.0 Å². The number of halogens is 2. The molecule has 0 bridgehead atoms. The number of carbonyl (C=O) groups is 1. The lowest BCUT2D eigenvalue weighted by atomic mass is 10.2. The van der Waals surface area contributed by atoms with Crippen molar-refractivity contribution in [3.63, 3.8) is 0 Å². The molecule has 0 saturated heterocycles. The molecule has 0 atom stereocenters. The maximum Gasteiger partial charge on any atom is 0.263 e. The maximum atomic E-state index is 13.2. The highest BCUT2D eigenvalue weighted by atomic mass is 32.2. The van der Waals surface area contributed by atoms with Crippen LogP contribution in [0.25, 0.3) is 0 Å². The molecule has 0 unspecified atom stereocenters.